The Hall–Kier alpha value is -1.96. The number of hydroxylamine groups is 2. The van der Waals surface area contributed by atoms with E-state index in [0.29, 0.717) is 0 Å². The second kappa shape index (κ2) is 10.2. The Morgan fingerprint density at radius 3 is 2.41 bits per heavy atom. The van der Waals surface area contributed by atoms with Gasteiger partial charge in [-0.25, -0.2) is 0 Å². The van der Waals surface area contributed by atoms with Gasteiger partial charge in [0.1, 0.15) is 6.04 Å². The molecule has 1 fully saturated rings. The Balaban J connectivity index is 2.19. The number of benzene rings is 1. The van der Waals surface area contributed by atoms with Gasteiger partial charge in [-0.05, 0) is 17.9 Å². The number of ether oxygens (including phenoxy) is 2. The van der Waals surface area contributed by atoms with Crippen LogP contribution in [-0.4, -0.2) is 54.5 Å². The van der Waals surface area contributed by atoms with Gasteiger partial charge in [-0.15, -0.1) is 0 Å². The minimum absolute atomic E-state index is 0.0452. The number of esters is 2. The smallest absolute Gasteiger partial charge is 0.325 e. The zero-order chi connectivity index (χ0) is 21.6. The van der Waals surface area contributed by atoms with Crippen LogP contribution in [0.1, 0.15) is 39.7 Å². The maximum absolute atomic E-state index is 12.9. The molecule has 1 aromatic carbocycles. The molecular formula is C22H33NO6. The van der Waals surface area contributed by atoms with Gasteiger partial charge < -0.3 is 14.6 Å². The predicted octanol–water partition coefficient (Wildman–Crippen LogP) is 2.57. The van der Waals surface area contributed by atoms with Crippen molar-refractivity contribution in [2.45, 2.75) is 52.8 Å². The first-order chi connectivity index (χ1) is 13.7. The van der Waals surface area contributed by atoms with Crippen LogP contribution in [0.25, 0.3) is 0 Å². The quantitative estimate of drug-likeness (QED) is 0.630. The fourth-order valence-electron chi connectivity index (χ4n) is 3.52. The van der Waals surface area contributed by atoms with E-state index in [2.05, 4.69) is 0 Å². The Kier molecular flexibility index (Phi) is 8.19. The Morgan fingerprint density at radius 2 is 1.86 bits per heavy atom. The third-order valence-corrected chi connectivity index (χ3v) is 5.21. The zero-order valence-corrected chi connectivity index (χ0v) is 18.0. The summed E-state index contributed by atoms with van der Waals surface area (Å²) in [4.78, 5) is 31.3. The van der Waals surface area contributed by atoms with Gasteiger partial charge in [0.2, 0.25) is 0 Å². The highest BCUT2D eigenvalue weighted by atomic mass is 16.7. The highest BCUT2D eigenvalue weighted by Gasteiger charge is 2.51. The van der Waals surface area contributed by atoms with Crippen molar-refractivity contribution in [1.29, 1.82) is 0 Å². The van der Waals surface area contributed by atoms with E-state index in [0.717, 1.165) is 5.56 Å². The number of hydrogen-bond donors (Lipinski definition) is 1. The third-order valence-electron chi connectivity index (χ3n) is 5.21. The summed E-state index contributed by atoms with van der Waals surface area (Å²) >= 11 is 0. The molecule has 1 heterocycles. The van der Waals surface area contributed by atoms with Crippen LogP contribution >= 0.6 is 0 Å². The van der Waals surface area contributed by atoms with E-state index >= 15 is 0 Å². The average Bonchev–Trinajstić information content (AvgIpc) is 3.10. The van der Waals surface area contributed by atoms with E-state index in [1.54, 1.807) is 5.06 Å². The highest BCUT2D eigenvalue weighted by Crippen LogP contribution is 2.37. The second-order valence-corrected chi connectivity index (χ2v) is 8.66. The molecule has 0 radical (unpaired) electrons. The molecule has 0 aromatic heterocycles. The number of carbonyl (C=O) groups is 2. The number of aliphatic hydroxyl groups excluding tert-OH is 1. The van der Waals surface area contributed by atoms with Gasteiger partial charge in [0.05, 0.1) is 38.9 Å². The van der Waals surface area contributed by atoms with Crippen molar-refractivity contribution >= 4 is 11.9 Å². The Morgan fingerprint density at radius 1 is 1.21 bits per heavy atom. The summed E-state index contributed by atoms with van der Waals surface area (Å²) in [5.74, 6) is -1.30. The maximum atomic E-state index is 12.9. The van der Waals surface area contributed by atoms with Gasteiger partial charge in [0.25, 0.3) is 0 Å². The standard InChI is InChI=1S/C22H33NO6/c1-15(2)19-17(20(25)28-14-22(3,4)13-24)11-18(21(26)27-5)23(19)29-12-16-9-7-6-8-10-16/h6-10,15,17-19,24H,11-14H2,1-5H3/t17-,18-,19-/m1/s1. The van der Waals surface area contributed by atoms with Crippen LogP contribution in [0, 0.1) is 17.3 Å². The van der Waals surface area contributed by atoms with Crippen molar-refractivity contribution in [1.82, 2.24) is 5.06 Å². The van der Waals surface area contributed by atoms with Crippen molar-refractivity contribution < 1.29 is 29.0 Å². The molecule has 0 saturated carbocycles. The number of aliphatic hydroxyl groups is 1. The molecule has 1 aliphatic heterocycles. The van der Waals surface area contributed by atoms with Crippen LogP contribution in [0.2, 0.25) is 0 Å². The maximum Gasteiger partial charge on any atom is 0.325 e. The molecule has 162 valence electrons. The molecule has 1 saturated heterocycles. The van der Waals surface area contributed by atoms with E-state index in [1.807, 2.05) is 58.0 Å². The summed E-state index contributed by atoms with van der Waals surface area (Å²) < 4.78 is 10.5. The first kappa shape index (κ1) is 23.3. The fourth-order valence-corrected chi connectivity index (χ4v) is 3.52. The van der Waals surface area contributed by atoms with Gasteiger partial charge in [-0.3, -0.25) is 14.4 Å². The SMILES string of the molecule is COC(=O)[C@H]1C[C@@H](C(=O)OCC(C)(C)CO)[C@@H](C(C)C)N1OCc1ccccc1. The lowest BCUT2D eigenvalue weighted by atomic mass is 9.91. The van der Waals surface area contributed by atoms with Crippen LogP contribution in [0.4, 0.5) is 0 Å². The first-order valence-electron chi connectivity index (χ1n) is 10.0. The van der Waals surface area contributed by atoms with E-state index < -0.39 is 23.3 Å². The Labute approximate surface area is 172 Å². The lowest BCUT2D eigenvalue weighted by Crippen LogP contribution is -2.45. The molecule has 0 spiro atoms. The van der Waals surface area contributed by atoms with Crippen molar-refractivity contribution in [3.05, 3.63) is 35.9 Å². The summed E-state index contributed by atoms with van der Waals surface area (Å²) in [6, 6.07) is 8.64. The second-order valence-electron chi connectivity index (χ2n) is 8.66. The molecule has 3 atom stereocenters. The van der Waals surface area contributed by atoms with E-state index in [1.165, 1.54) is 7.11 Å². The number of carbonyl (C=O) groups excluding carboxylic acids is 2. The van der Waals surface area contributed by atoms with Crippen LogP contribution < -0.4 is 0 Å². The van der Waals surface area contributed by atoms with Crippen LogP contribution in [0.15, 0.2) is 30.3 Å². The predicted molar refractivity (Wildman–Crippen MR) is 107 cm³/mol. The molecule has 29 heavy (non-hydrogen) atoms. The molecule has 1 N–H and O–H groups in total. The average molecular weight is 408 g/mol. The summed E-state index contributed by atoms with van der Waals surface area (Å²) in [5, 5.41) is 11.0. The highest BCUT2D eigenvalue weighted by molar-refractivity contribution is 5.80. The van der Waals surface area contributed by atoms with Crippen LogP contribution in [-0.2, 0) is 30.5 Å². The molecule has 0 aliphatic carbocycles. The number of rotatable bonds is 9. The minimum Gasteiger partial charge on any atom is -0.468 e. The number of methoxy groups -OCH3 is 1. The van der Waals surface area contributed by atoms with E-state index in [9.17, 15) is 14.7 Å². The normalized spacial score (nSPS) is 22.7. The van der Waals surface area contributed by atoms with Crippen LogP contribution in [0.3, 0.4) is 0 Å². The number of hydrogen-bond acceptors (Lipinski definition) is 7. The molecule has 7 nitrogen and oxygen atoms in total. The molecule has 0 unspecified atom stereocenters. The summed E-state index contributed by atoms with van der Waals surface area (Å²) in [7, 11) is 1.33. The molecular weight excluding hydrogens is 374 g/mol. The molecule has 0 bridgehead atoms. The third kappa shape index (κ3) is 6.01. The van der Waals surface area contributed by atoms with Crippen molar-refractivity contribution in [2.24, 2.45) is 17.3 Å². The summed E-state index contributed by atoms with van der Waals surface area (Å²) in [6.45, 7) is 7.93. The monoisotopic (exact) mass is 407 g/mol. The number of nitrogens with zero attached hydrogens (tertiary/aromatic N) is 1. The van der Waals surface area contributed by atoms with Crippen molar-refractivity contribution in [2.75, 3.05) is 20.3 Å². The Bertz CT molecular complexity index is 675. The van der Waals surface area contributed by atoms with E-state index in [4.69, 9.17) is 14.3 Å². The molecule has 2 rings (SSSR count). The van der Waals surface area contributed by atoms with Crippen LogP contribution in [0.5, 0.6) is 0 Å². The molecule has 1 aliphatic rings. The van der Waals surface area contributed by atoms with Crippen molar-refractivity contribution in [3.8, 4) is 0 Å². The minimum atomic E-state index is -0.681. The fraction of sp³-hybridized carbons (Fsp3) is 0.636. The topological polar surface area (TPSA) is 85.3 Å². The van der Waals surface area contributed by atoms with E-state index in [-0.39, 0.29) is 44.2 Å². The van der Waals surface area contributed by atoms with Gasteiger partial charge >= 0.3 is 11.9 Å². The molecule has 7 heteroatoms. The van der Waals surface area contributed by atoms with Gasteiger partial charge in [-0.1, -0.05) is 58.0 Å². The van der Waals surface area contributed by atoms with Gasteiger partial charge in [0, 0.05) is 5.41 Å². The zero-order valence-electron chi connectivity index (χ0n) is 18.0. The molecule has 0 amide bonds. The van der Waals surface area contributed by atoms with Gasteiger partial charge in [-0.2, -0.15) is 5.06 Å². The molecule has 1 aromatic rings. The largest absolute Gasteiger partial charge is 0.468 e. The van der Waals surface area contributed by atoms with Crippen molar-refractivity contribution in [3.63, 3.8) is 0 Å². The lowest BCUT2D eigenvalue weighted by molar-refractivity contribution is -0.220. The summed E-state index contributed by atoms with van der Waals surface area (Å²) in [6.07, 6.45) is 0.267. The lowest BCUT2D eigenvalue weighted by Gasteiger charge is -2.32. The van der Waals surface area contributed by atoms with Gasteiger partial charge in [0.15, 0.2) is 0 Å². The first-order valence-corrected chi connectivity index (χ1v) is 10.0. The summed E-state index contributed by atoms with van der Waals surface area (Å²) in [5.41, 5.74) is 0.446.